The average Bonchev–Trinajstić information content (AvgIpc) is 2.09. The first-order valence-electron chi connectivity index (χ1n) is 5.56. The molecular weight excluding hydrogens is 156 g/mol. The molecule has 0 aromatic carbocycles. The van der Waals surface area contributed by atoms with E-state index < -0.39 is 0 Å². The van der Waals surface area contributed by atoms with Crippen molar-refractivity contribution in [3.63, 3.8) is 0 Å². The van der Waals surface area contributed by atoms with Crippen molar-refractivity contribution in [3.05, 3.63) is 24.3 Å². The number of unbranched alkanes of at least 4 members (excludes halogenated alkanes) is 4. The van der Waals surface area contributed by atoms with Crippen molar-refractivity contribution in [1.29, 1.82) is 0 Å². The molecule has 76 valence electrons. The van der Waals surface area contributed by atoms with Gasteiger partial charge in [-0.05, 0) is 39.0 Å². The molecule has 0 aliphatic rings. The maximum Gasteiger partial charge on any atom is -0.0326 e. The van der Waals surface area contributed by atoms with E-state index in [1.807, 2.05) is 0 Å². The monoisotopic (exact) mass is 180 g/mol. The molecule has 13 heavy (non-hydrogen) atoms. The first-order chi connectivity index (χ1) is 6.27. The second-order valence-corrected chi connectivity index (χ2v) is 3.82. The van der Waals surface area contributed by atoms with E-state index in [0.29, 0.717) is 0 Å². The molecule has 0 fully saturated rings. The zero-order valence-electron chi connectivity index (χ0n) is 9.31. The predicted molar refractivity (Wildman–Crippen MR) is 61.9 cm³/mol. The summed E-state index contributed by atoms with van der Waals surface area (Å²) in [5.41, 5.74) is 1.31. The molecule has 0 radical (unpaired) electrons. The first kappa shape index (κ1) is 12.5. The van der Waals surface area contributed by atoms with Crippen LogP contribution in [0.15, 0.2) is 24.3 Å². The molecule has 0 saturated carbocycles. The molecule has 0 aliphatic carbocycles. The van der Waals surface area contributed by atoms with Gasteiger partial charge in [-0.15, -0.1) is 6.58 Å². The van der Waals surface area contributed by atoms with Crippen LogP contribution in [0.3, 0.4) is 0 Å². The van der Waals surface area contributed by atoms with Crippen LogP contribution >= 0.6 is 0 Å². The molecule has 0 spiro atoms. The highest BCUT2D eigenvalue weighted by atomic mass is 13.9. The molecule has 0 nitrogen and oxygen atoms in total. The van der Waals surface area contributed by atoms with Gasteiger partial charge >= 0.3 is 0 Å². The third kappa shape index (κ3) is 11.5. The lowest BCUT2D eigenvalue weighted by atomic mass is 10.1. The molecule has 0 bridgehead atoms. The normalized spacial score (nSPS) is 10.9. The molecular formula is C13H24. The molecule has 0 rings (SSSR count). The Morgan fingerprint density at radius 1 is 1.08 bits per heavy atom. The minimum Gasteiger partial charge on any atom is -0.100 e. The quantitative estimate of drug-likeness (QED) is 0.369. The van der Waals surface area contributed by atoms with Crippen LogP contribution < -0.4 is 0 Å². The van der Waals surface area contributed by atoms with Crippen molar-refractivity contribution in [1.82, 2.24) is 0 Å². The standard InChI is InChI=1S/C13H24/c1-4-5-6-7-8-9-10-11-12-13(2)3/h7-8H,2,4-6,9-12H2,1,3H3. The fourth-order valence-corrected chi connectivity index (χ4v) is 1.25. The van der Waals surface area contributed by atoms with E-state index in [1.54, 1.807) is 0 Å². The summed E-state index contributed by atoms with van der Waals surface area (Å²) in [7, 11) is 0. The van der Waals surface area contributed by atoms with E-state index in [9.17, 15) is 0 Å². The number of hydrogen-bond acceptors (Lipinski definition) is 0. The van der Waals surface area contributed by atoms with Gasteiger partial charge < -0.3 is 0 Å². The van der Waals surface area contributed by atoms with Gasteiger partial charge in [0.1, 0.15) is 0 Å². The Kier molecular flexibility index (Phi) is 9.18. The topological polar surface area (TPSA) is 0 Å². The summed E-state index contributed by atoms with van der Waals surface area (Å²) < 4.78 is 0. The molecule has 0 heteroatoms. The van der Waals surface area contributed by atoms with Crippen LogP contribution in [0.2, 0.25) is 0 Å². The Balaban J connectivity index is 3.06. The van der Waals surface area contributed by atoms with Crippen LogP contribution in [-0.4, -0.2) is 0 Å². The van der Waals surface area contributed by atoms with E-state index in [4.69, 9.17) is 0 Å². The van der Waals surface area contributed by atoms with Gasteiger partial charge in [0.25, 0.3) is 0 Å². The van der Waals surface area contributed by atoms with Crippen molar-refractivity contribution in [3.8, 4) is 0 Å². The molecule has 0 heterocycles. The number of rotatable bonds is 8. The lowest BCUT2D eigenvalue weighted by Crippen LogP contribution is -1.76. The predicted octanol–water partition coefficient (Wildman–Crippen LogP) is 4.87. The van der Waals surface area contributed by atoms with Crippen LogP contribution in [0.4, 0.5) is 0 Å². The van der Waals surface area contributed by atoms with Crippen LogP contribution in [0.25, 0.3) is 0 Å². The van der Waals surface area contributed by atoms with Crippen molar-refractivity contribution in [2.75, 3.05) is 0 Å². The maximum atomic E-state index is 3.90. The van der Waals surface area contributed by atoms with E-state index in [-0.39, 0.29) is 0 Å². The average molecular weight is 180 g/mol. The van der Waals surface area contributed by atoms with E-state index in [0.717, 1.165) is 0 Å². The van der Waals surface area contributed by atoms with Gasteiger partial charge in [-0.1, -0.05) is 37.5 Å². The molecule has 0 amide bonds. The van der Waals surface area contributed by atoms with Gasteiger partial charge in [-0.25, -0.2) is 0 Å². The first-order valence-corrected chi connectivity index (χ1v) is 5.56. The smallest absolute Gasteiger partial charge is 0.0326 e. The fourth-order valence-electron chi connectivity index (χ4n) is 1.25. The Morgan fingerprint density at radius 2 is 1.69 bits per heavy atom. The van der Waals surface area contributed by atoms with Gasteiger partial charge in [0.15, 0.2) is 0 Å². The summed E-state index contributed by atoms with van der Waals surface area (Å²) in [6.45, 7) is 8.24. The van der Waals surface area contributed by atoms with Gasteiger partial charge in [0.05, 0.1) is 0 Å². The number of allylic oxidation sites excluding steroid dienone is 3. The van der Waals surface area contributed by atoms with Crippen molar-refractivity contribution in [2.24, 2.45) is 0 Å². The lowest BCUT2D eigenvalue weighted by molar-refractivity contribution is 0.739. The summed E-state index contributed by atoms with van der Waals surface area (Å²) >= 11 is 0. The largest absolute Gasteiger partial charge is 0.100 e. The van der Waals surface area contributed by atoms with Crippen LogP contribution in [-0.2, 0) is 0 Å². The summed E-state index contributed by atoms with van der Waals surface area (Å²) in [4.78, 5) is 0. The molecule has 0 aromatic rings. The highest BCUT2D eigenvalue weighted by Crippen LogP contribution is 2.06. The summed E-state index contributed by atoms with van der Waals surface area (Å²) in [6, 6.07) is 0. The van der Waals surface area contributed by atoms with Gasteiger partial charge in [-0.3, -0.25) is 0 Å². The molecule has 0 aromatic heterocycles. The Morgan fingerprint density at radius 3 is 2.23 bits per heavy atom. The minimum atomic E-state index is 1.20. The lowest BCUT2D eigenvalue weighted by Gasteiger charge is -1.96. The van der Waals surface area contributed by atoms with Gasteiger partial charge in [0, 0.05) is 0 Å². The summed E-state index contributed by atoms with van der Waals surface area (Å²) in [5, 5.41) is 0. The summed E-state index contributed by atoms with van der Waals surface area (Å²) in [5.74, 6) is 0. The van der Waals surface area contributed by atoms with Gasteiger partial charge in [0.2, 0.25) is 0 Å². The zero-order valence-corrected chi connectivity index (χ0v) is 9.31. The van der Waals surface area contributed by atoms with Gasteiger partial charge in [-0.2, -0.15) is 0 Å². The SMILES string of the molecule is C=C(C)CCCCC=CCCCC. The molecule has 0 unspecified atom stereocenters. The third-order valence-electron chi connectivity index (χ3n) is 2.12. The highest BCUT2D eigenvalue weighted by Gasteiger charge is 1.86. The zero-order chi connectivity index (χ0) is 9.94. The van der Waals surface area contributed by atoms with E-state index in [2.05, 4.69) is 32.6 Å². The van der Waals surface area contributed by atoms with Crippen LogP contribution in [0, 0.1) is 0 Å². The number of hydrogen-bond donors (Lipinski definition) is 0. The molecule has 0 N–H and O–H groups in total. The third-order valence-corrected chi connectivity index (χ3v) is 2.12. The molecule has 0 saturated heterocycles. The highest BCUT2D eigenvalue weighted by molar-refractivity contribution is 4.88. The van der Waals surface area contributed by atoms with Crippen LogP contribution in [0.5, 0.6) is 0 Å². The Bertz CT molecular complexity index is 142. The van der Waals surface area contributed by atoms with E-state index >= 15 is 0 Å². The minimum absolute atomic E-state index is 1.20. The maximum absolute atomic E-state index is 3.90. The van der Waals surface area contributed by atoms with Crippen molar-refractivity contribution < 1.29 is 0 Å². The van der Waals surface area contributed by atoms with Crippen molar-refractivity contribution >= 4 is 0 Å². The Hall–Kier alpha value is -0.520. The second kappa shape index (κ2) is 9.57. The fraction of sp³-hybridized carbons (Fsp3) is 0.692. The second-order valence-electron chi connectivity index (χ2n) is 3.82. The Labute approximate surface area is 83.7 Å². The van der Waals surface area contributed by atoms with Crippen molar-refractivity contribution in [2.45, 2.75) is 58.8 Å². The van der Waals surface area contributed by atoms with E-state index in [1.165, 1.54) is 50.5 Å². The summed E-state index contributed by atoms with van der Waals surface area (Å²) in [6.07, 6.45) is 13.6. The molecule has 0 aliphatic heterocycles. The molecule has 0 atom stereocenters. The van der Waals surface area contributed by atoms with Crippen LogP contribution in [0.1, 0.15) is 58.8 Å².